The zero-order valence-electron chi connectivity index (χ0n) is 8.47. The molecule has 82 valence electrons. The first-order chi connectivity index (χ1) is 7.75. The van der Waals surface area contributed by atoms with E-state index in [4.69, 9.17) is 5.11 Å². The summed E-state index contributed by atoms with van der Waals surface area (Å²) in [5.74, 6) is -0.0419. The molecular formula is C11H11N3O2. The molecule has 2 rings (SSSR count). The number of phenols is 1. The van der Waals surface area contributed by atoms with Crippen LogP contribution in [0.5, 0.6) is 5.75 Å². The van der Waals surface area contributed by atoms with E-state index in [1.807, 2.05) is 0 Å². The van der Waals surface area contributed by atoms with Gasteiger partial charge in [0.15, 0.2) is 0 Å². The van der Waals surface area contributed by atoms with Crippen LogP contribution in [0.4, 0.5) is 0 Å². The monoisotopic (exact) mass is 217 g/mol. The molecule has 16 heavy (non-hydrogen) atoms. The highest BCUT2D eigenvalue weighted by Gasteiger charge is 2.04. The van der Waals surface area contributed by atoms with Crippen LogP contribution < -0.4 is 5.32 Å². The Morgan fingerprint density at radius 1 is 1.38 bits per heavy atom. The van der Waals surface area contributed by atoms with Gasteiger partial charge in [-0.15, -0.1) is 0 Å². The number of nitrogens with one attached hydrogen (secondary N) is 2. The Morgan fingerprint density at radius 3 is 2.75 bits per heavy atom. The maximum atomic E-state index is 11.6. The number of carbonyl (C=O) groups is 1. The maximum absolute atomic E-state index is 11.6. The minimum atomic E-state index is -0.186. The summed E-state index contributed by atoms with van der Waals surface area (Å²) in [7, 11) is 0. The summed E-state index contributed by atoms with van der Waals surface area (Å²) < 4.78 is 0. The lowest BCUT2D eigenvalue weighted by Crippen LogP contribution is -2.22. The molecule has 5 heteroatoms. The van der Waals surface area contributed by atoms with Crippen LogP contribution in [0.15, 0.2) is 36.8 Å². The highest BCUT2D eigenvalue weighted by molar-refractivity contribution is 5.94. The number of aromatic hydroxyl groups is 1. The predicted molar refractivity (Wildman–Crippen MR) is 57.9 cm³/mol. The van der Waals surface area contributed by atoms with E-state index >= 15 is 0 Å². The van der Waals surface area contributed by atoms with Crippen LogP contribution in [0.2, 0.25) is 0 Å². The number of H-pyrrole nitrogens is 1. The first kappa shape index (κ1) is 10.2. The van der Waals surface area contributed by atoms with Gasteiger partial charge in [-0.05, 0) is 24.3 Å². The van der Waals surface area contributed by atoms with Gasteiger partial charge in [-0.2, -0.15) is 0 Å². The van der Waals surface area contributed by atoms with Gasteiger partial charge in [-0.1, -0.05) is 0 Å². The third kappa shape index (κ3) is 2.38. The lowest BCUT2D eigenvalue weighted by Gasteiger charge is -2.03. The Hall–Kier alpha value is -2.30. The number of carbonyl (C=O) groups excluding carboxylic acids is 1. The number of hydrogen-bond acceptors (Lipinski definition) is 3. The molecule has 1 aromatic heterocycles. The van der Waals surface area contributed by atoms with Crippen molar-refractivity contribution in [1.29, 1.82) is 0 Å². The maximum Gasteiger partial charge on any atom is 0.251 e. The minimum Gasteiger partial charge on any atom is -0.508 e. The van der Waals surface area contributed by atoms with Gasteiger partial charge in [0.05, 0.1) is 18.6 Å². The average Bonchev–Trinajstić information content (AvgIpc) is 2.80. The zero-order chi connectivity index (χ0) is 11.4. The molecule has 3 N–H and O–H groups in total. The second-order valence-corrected chi connectivity index (χ2v) is 3.31. The number of nitrogens with zero attached hydrogens (tertiary/aromatic N) is 1. The standard InChI is InChI=1S/C11H11N3O2/c15-10-3-1-8(2-4-10)11(16)13-6-9-5-12-7-14-9/h1-5,7,15H,6H2,(H,12,14)(H,13,16). The van der Waals surface area contributed by atoms with Crippen LogP contribution in [0.25, 0.3) is 0 Å². The molecule has 0 spiro atoms. The van der Waals surface area contributed by atoms with E-state index in [1.54, 1.807) is 24.7 Å². The second kappa shape index (κ2) is 4.48. The summed E-state index contributed by atoms with van der Waals surface area (Å²) in [5.41, 5.74) is 1.35. The molecule has 2 aromatic rings. The normalized spacial score (nSPS) is 10.0. The summed E-state index contributed by atoms with van der Waals surface area (Å²) in [4.78, 5) is 18.4. The number of rotatable bonds is 3. The summed E-state index contributed by atoms with van der Waals surface area (Å²) in [5, 5.41) is 11.8. The molecule has 0 aliphatic rings. The molecule has 0 saturated carbocycles. The van der Waals surface area contributed by atoms with E-state index in [1.165, 1.54) is 12.1 Å². The van der Waals surface area contributed by atoms with E-state index in [9.17, 15) is 4.79 Å². The van der Waals surface area contributed by atoms with Crippen molar-refractivity contribution in [1.82, 2.24) is 15.3 Å². The lowest BCUT2D eigenvalue weighted by atomic mass is 10.2. The van der Waals surface area contributed by atoms with E-state index < -0.39 is 0 Å². The van der Waals surface area contributed by atoms with E-state index in [-0.39, 0.29) is 11.7 Å². The lowest BCUT2D eigenvalue weighted by molar-refractivity contribution is 0.0950. The third-order valence-corrected chi connectivity index (χ3v) is 2.12. The first-order valence-electron chi connectivity index (χ1n) is 4.80. The number of imidazole rings is 1. The van der Waals surface area contributed by atoms with Gasteiger partial charge in [0.25, 0.3) is 5.91 Å². The van der Waals surface area contributed by atoms with E-state index in [0.29, 0.717) is 12.1 Å². The van der Waals surface area contributed by atoms with Crippen LogP contribution in [-0.2, 0) is 6.54 Å². The molecular weight excluding hydrogens is 206 g/mol. The van der Waals surface area contributed by atoms with E-state index in [0.717, 1.165) is 5.69 Å². The molecule has 0 fully saturated rings. The van der Waals surface area contributed by atoms with Crippen molar-refractivity contribution >= 4 is 5.91 Å². The van der Waals surface area contributed by atoms with Crippen molar-refractivity contribution in [2.45, 2.75) is 6.54 Å². The van der Waals surface area contributed by atoms with Gasteiger partial charge >= 0.3 is 0 Å². The van der Waals surface area contributed by atoms with Gasteiger partial charge < -0.3 is 15.4 Å². The van der Waals surface area contributed by atoms with Crippen molar-refractivity contribution in [3.63, 3.8) is 0 Å². The number of phenolic OH excluding ortho intramolecular Hbond substituents is 1. The number of aromatic amines is 1. The molecule has 0 radical (unpaired) electrons. The third-order valence-electron chi connectivity index (χ3n) is 2.12. The van der Waals surface area contributed by atoms with Crippen LogP contribution in [-0.4, -0.2) is 21.0 Å². The minimum absolute atomic E-state index is 0.144. The van der Waals surface area contributed by atoms with Crippen molar-refractivity contribution in [3.05, 3.63) is 48.0 Å². The Morgan fingerprint density at radius 2 is 2.12 bits per heavy atom. The highest BCUT2D eigenvalue weighted by atomic mass is 16.3. The van der Waals surface area contributed by atoms with Crippen molar-refractivity contribution in [3.8, 4) is 5.75 Å². The van der Waals surface area contributed by atoms with Gasteiger partial charge in [0.1, 0.15) is 5.75 Å². The fourth-order valence-electron chi connectivity index (χ4n) is 1.27. The van der Waals surface area contributed by atoms with Crippen LogP contribution in [0.3, 0.4) is 0 Å². The molecule has 1 aromatic carbocycles. The van der Waals surface area contributed by atoms with Gasteiger partial charge in [0.2, 0.25) is 0 Å². The van der Waals surface area contributed by atoms with Gasteiger partial charge in [-0.3, -0.25) is 4.79 Å². The Labute approximate surface area is 92.2 Å². The number of hydrogen-bond donors (Lipinski definition) is 3. The molecule has 1 amide bonds. The van der Waals surface area contributed by atoms with E-state index in [2.05, 4.69) is 15.3 Å². The molecule has 0 aliphatic heterocycles. The predicted octanol–water partition coefficient (Wildman–Crippen LogP) is 1.05. The smallest absolute Gasteiger partial charge is 0.251 e. The average molecular weight is 217 g/mol. The molecule has 0 unspecified atom stereocenters. The second-order valence-electron chi connectivity index (χ2n) is 3.31. The topological polar surface area (TPSA) is 78.0 Å². The zero-order valence-corrected chi connectivity index (χ0v) is 8.47. The summed E-state index contributed by atoms with van der Waals surface area (Å²) in [6.45, 7) is 0.402. The summed E-state index contributed by atoms with van der Waals surface area (Å²) in [6, 6.07) is 6.09. The Balaban J connectivity index is 1.95. The fraction of sp³-hybridized carbons (Fsp3) is 0.0909. The number of aromatic nitrogens is 2. The van der Waals surface area contributed by atoms with Crippen LogP contribution >= 0.6 is 0 Å². The van der Waals surface area contributed by atoms with Crippen molar-refractivity contribution in [2.24, 2.45) is 0 Å². The molecule has 0 aliphatic carbocycles. The summed E-state index contributed by atoms with van der Waals surface area (Å²) >= 11 is 0. The van der Waals surface area contributed by atoms with Crippen molar-refractivity contribution < 1.29 is 9.90 Å². The Kier molecular flexibility index (Phi) is 2.86. The Bertz CT molecular complexity index is 462. The quantitative estimate of drug-likeness (QED) is 0.719. The highest BCUT2D eigenvalue weighted by Crippen LogP contribution is 2.09. The molecule has 0 saturated heterocycles. The largest absolute Gasteiger partial charge is 0.508 e. The molecule has 1 heterocycles. The summed E-state index contributed by atoms with van der Waals surface area (Å²) in [6.07, 6.45) is 3.21. The fourth-order valence-corrected chi connectivity index (χ4v) is 1.27. The first-order valence-corrected chi connectivity index (χ1v) is 4.80. The molecule has 5 nitrogen and oxygen atoms in total. The molecule has 0 atom stereocenters. The van der Waals surface area contributed by atoms with Crippen molar-refractivity contribution in [2.75, 3.05) is 0 Å². The SMILES string of the molecule is O=C(NCc1cnc[nH]1)c1ccc(O)cc1. The molecule has 0 bridgehead atoms. The van der Waals surface area contributed by atoms with Crippen LogP contribution in [0, 0.1) is 0 Å². The number of benzene rings is 1. The van der Waals surface area contributed by atoms with Gasteiger partial charge in [-0.25, -0.2) is 4.98 Å². The van der Waals surface area contributed by atoms with Gasteiger partial charge in [0, 0.05) is 11.8 Å². The van der Waals surface area contributed by atoms with Crippen LogP contribution in [0.1, 0.15) is 16.1 Å². The number of amides is 1.